The average molecular weight is 337 g/mol. The maximum absolute atomic E-state index is 12.4. The second-order valence-electron chi connectivity index (χ2n) is 6.81. The number of carbonyl (C=O) groups is 2. The van der Waals surface area contributed by atoms with Crippen LogP contribution in [0.3, 0.4) is 0 Å². The monoisotopic (exact) mass is 337 g/mol. The summed E-state index contributed by atoms with van der Waals surface area (Å²) in [6.07, 6.45) is 11.5. The first-order valence-electron chi connectivity index (χ1n) is 9.14. The van der Waals surface area contributed by atoms with E-state index in [1.54, 1.807) is 0 Å². The van der Waals surface area contributed by atoms with Gasteiger partial charge in [0.2, 0.25) is 0 Å². The minimum Gasteiger partial charge on any atom is -0.481 e. The van der Waals surface area contributed by atoms with Crippen molar-refractivity contribution in [1.29, 1.82) is 0 Å². The fraction of sp³-hybridized carbons (Fsp3) is 0.737. The highest BCUT2D eigenvalue weighted by Crippen LogP contribution is 2.26. The molecule has 1 rings (SSSR count). The van der Waals surface area contributed by atoms with Gasteiger partial charge in [0.25, 0.3) is 0 Å². The lowest BCUT2D eigenvalue weighted by Crippen LogP contribution is -2.21. The number of Topliss-reactive ketones (excluding diaryl/α,β-unsaturated/α-hetero) is 1. The molecular weight excluding hydrogens is 306 g/mol. The standard InChI is InChI=1S/C19H31NO4/c1-3-4-5-6-7-8-10-15(2)18(23)16-13-19(24,20-14-16)12-9-11-17(21)22/h13-15,24H,3-12H2,1-2H3,(H,21,22). The summed E-state index contributed by atoms with van der Waals surface area (Å²) >= 11 is 0. The minimum absolute atomic E-state index is 0.0105. The molecule has 0 aromatic heterocycles. The Bertz CT molecular complexity index is 484. The molecule has 0 amide bonds. The van der Waals surface area contributed by atoms with Gasteiger partial charge in [-0.3, -0.25) is 14.6 Å². The molecule has 2 unspecified atom stereocenters. The first kappa shape index (κ1) is 20.6. The molecule has 1 aliphatic rings. The van der Waals surface area contributed by atoms with Crippen LogP contribution in [0.2, 0.25) is 0 Å². The van der Waals surface area contributed by atoms with E-state index in [-0.39, 0.29) is 24.5 Å². The molecule has 0 saturated carbocycles. The quantitative estimate of drug-likeness (QED) is 0.499. The number of carboxylic acids is 1. The van der Waals surface area contributed by atoms with E-state index in [0.29, 0.717) is 12.0 Å². The van der Waals surface area contributed by atoms with Gasteiger partial charge in [-0.15, -0.1) is 0 Å². The van der Waals surface area contributed by atoms with Crippen molar-refractivity contribution in [3.05, 3.63) is 11.6 Å². The Morgan fingerprint density at radius 3 is 2.50 bits per heavy atom. The number of allylic oxidation sites excluding steroid dienone is 1. The van der Waals surface area contributed by atoms with Gasteiger partial charge in [0.1, 0.15) is 0 Å². The summed E-state index contributed by atoms with van der Waals surface area (Å²) in [5.41, 5.74) is -0.966. The molecule has 136 valence electrons. The summed E-state index contributed by atoms with van der Waals surface area (Å²) in [6.45, 7) is 4.12. The van der Waals surface area contributed by atoms with Crippen molar-refractivity contribution in [3.63, 3.8) is 0 Å². The zero-order valence-electron chi connectivity index (χ0n) is 15.0. The van der Waals surface area contributed by atoms with Gasteiger partial charge in [-0.25, -0.2) is 0 Å². The van der Waals surface area contributed by atoms with E-state index in [0.717, 1.165) is 19.3 Å². The van der Waals surface area contributed by atoms with Crippen LogP contribution in [0.4, 0.5) is 0 Å². The summed E-state index contributed by atoms with van der Waals surface area (Å²) in [6, 6.07) is 0. The Hall–Kier alpha value is -1.49. The van der Waals surface area contributed by atoms with Gasteiger partial charge >= 0.3 is 5.97 Å². The Labute approximate surface area is 144 Å². The third-order valence-corrected chi connectivity index (χ3v) is 4.47. The normalized spacial score (nSPS) is 20.9. The van der Waals surface area contributed by atoms with Gasteiger partial charge < -0.3 is 10.2 Å². The van der Waals surface area contributed by atoms with Gasteiger partial charge in [0.15, 0.2) is 11.5 Å². The van der Waals surface area contributed by atoms with Crippen LogP contribution in [-0.2, 0) is 9.59 Å². The zero-order chi connectivity index (χ0) is 18.0. The van der Waals surface area contributed by atoms with E-state index in [9.17, 15) is 14.7 Å². The van der Waals surface area contributed by atoms with Crippen LogP contribution in [0.15, 0.2) is 16.6 Å². The number of nitrogens with zero attached hydrogens (tertiary/aromatic N) is 1. The third-order valence-electron chi connectivity index (χ3n) is 4.47. The highest BCUT2D eigenvalue weighted by Gasteiger charge is 2.30. The Morgan fingerprint density at radius 1 is 1.17 bits per heavy atom. The van der Waals surface area contributed by atoms with Crippen molar-refractivity contribution in [1.82, 2.24) is 0 Å². The van der Waals surface area contributed by atoms with E-state index in [1.807, 2.05) is 6.92 Å². The highest BCUT2D eigenvalue weighted by atomic mass is 16.4. The van der Waals surface area contributed by atoms with Crippen LogP contribution in [0.5, 0.6) is 0 Å². The van der Waals surface area contributed by atoms with Crippen molar-refractivity contribution >= 4 is 18.0 Å². The lowest BCUT2D eigenvalue weighted by molar-refractivity contribution is -0.137. The van der Waals surface area contributed by atoms with Crippen molar-refractivity contribution in [2.24, 2.45) is 10.9 Å². The molecule has 2 atom stereocenters. The third kappa shape index (κ3) is 7.39. The van der Waals surface area contributed by atoms with Crippen LogP contribution in [0.1, 0.15) is 78.1 Å². The average Bonchev–Trinajstić information content (AvgIpc) is 2.91. The van der Waals surface area contributed by atoms with Crippen LogP contribution < -0.4 is 0 Å². The molecule has 1 aliphatic heterocycles. The van der Waals surface area contributed by atoms with Crippen LogP contribution in [0.25, 0.3) is 0 Å². The maximum Gasteiger partial charge on any atom is 0.303 e. The van der Waals surface area contributed by atoms with Gasteiger partial charge in [-0.05, 0) is 18.9 Å². The van der Waals surface area contributed by atoms with E-state index in [2.05, 4.69) is 11.9 Å². The first-order valence-corrected chi connectivity index (χ1v) is 9.14. The molecule has 5 heteroatoms. The molecule has 0 aromatic rings. The Kier molecular flexibility index (Phi) is 8.90. The largest absolute Gasteiger partial charge is 0.481 e. The number of carbonyl (C=O) groups excluding carboxylic acids is 1. The van der Waals surface area contributed by atoms with Crippen molar-refractivity contribution < 1.29 is 19.8 Å². The number of carboxylic acid groups (broad SMARTS) is 1. The number of rotatable bonds is 13. The molecule has 24 heavy (non-hydrogen) atoms. The number of aliphatic hydroxyl groups is 1. The van der Waals surface area contributed by atoms with Gasteiger partial charge in [-0.2, -0.15) is 0 Å². The van der Waals surface area contributed by atoms with Gasteiger partial charge in [-0.1, -0.05) is 52.4 Å². The molecule has 5 nitrogen and oxygen atoms in total. The minimum atomic E-state index is -1.42. The molecule has 0 aromatic carbocycles. The Balaban J connectivity index is 2.37. The number of hydrogen-bond donors (Lipinski definition) is 2. The van der Waals surface area contributed by atoms with Crippen LogP contribution >= 0.6 is 0 Å². The lowest BCUT2D eigenvalue weighted by atomic mass is 9.93. The van der Waals surface area contributed by atoms with E-state index in [1.165, 1.54) is 38.0 Å². The molecule has 2 N–H and O–H groups in total. The van der Waals surface area contributed by atoms with E-state index in [4.69, 9.17) is 5.11 Å². The number of ketones is 1. The van der Waals surface area contributed by atoms with Crippen molar-refractivity contribution in [2.75, 3.05) is 0 Å². The van der Waals surface area contributed by atoms with Crippen LogP contribution in [-0.4, -0.2) is 33.9 Å². The second-order valence-corrected chi connectivity index (χ2v) is 6.81. The fourth-order valence-electron chi connectivity index (χ4n) is 2.92. The van der Waals surface area contributed by atoms with Crippen molar-refractivity contribution in [3.8, 4) is 0 Å². The number of hydrogen-bond acceptors (Lipinski definition) is 4. The van der Waals surface area contributed by atoms with Crippen LogP contribution in [0, 0.1) is 5.92 Å². The molecule has 0 bridgehead atoms. The van der Waals surface area contributed by atoms with Gasteiger partial charge in [0, 0.05) is 30.5 Å². The summed E-state index contributed by atoms with van der Waals surface area (Å²) in [7, 11) is 0. The molecular formula is C19H31NO4. The summed E-state index contributed by atoms with van der Waals surface area (Å²) in [5, 5.41) is 18.9. The lowest BCUT2D eigenvalue weighted by Gasteiger charge is -2.16. The fourth-order valence-corrected chi connectivity index (χ4v) is 2.92. The molecule has 0 aliphatic carbocycles. The topological polar surface area (TPSA) is 87.0 Å². The summed E-state index contributed by atoms with van der Waals surface area (Å²) in [4.78, 5) is 27.0. The number of aliphatic imine (C=N–C) groups is 1. The number of unbranched alkanes of at least 4 members (excludes halogenated alkanes) is 5. The summed E-state index contributed by atoms with van der Waals surface area (Å²) < 4.78 is 0. The SMILES string of the molecule is CCCCCCCCC(C)C(=O)C1=CC(O)(CCCC(=O)O)N=C1. The Morgan fingerprint density at radius 2 is 1.83 bits per heavy atom. The molecule has 0 saturated heterocycles. The van der Waals surface area contributed by atoms with Gasteiger partial charge in [0.05, 0.1) is 0 Å². The predicted molar refractivity (Wildman–Crippen MR) is 95.2 cm³/mol. The predicted octanol–water partition coefficient (Wildman–Crippen LogP) is 3.90. The van der Waals surface area contributed by atoms with E-state index >= 15 is 0 Å². The smallest absolute Gasteiger partial charge is 0.303 e. The summed E-state index contributed by atoms with van der Waals surface area (Å²) in [5.74, 6) is -0.954. The van der Waals surface area contributed by atoms with Crippen molar-refractivity contribution in [2.45, 2.75) is 83.8 Å². The maximum atomic E-state index is 12.4. The molecule has 0 radical (unpaired) electrons. The second kappa shape index (κ2) is 10.4. The zero-order valence-corrected chi connectivity index (χ0v) is 15.0. The molecule has 0 fully saturated rings. The highest BCUT2D eigenvalue weighted by molar-refractivity contribution is 6.15. The molecule has 0 spiro atoms. The number of aliphatic carboxylic acids is 1. The van der Waals surface area contributed by atoms with E-state index < -0.39 is 11.7 Å². The molecule has 1 heterocycles. The first-order chi connectivity index (χ1) is 11.4.